The van der Waals surface area contributed by atoms with Gasteiger partial charge in [0.05, 0.1) is 17.8 Å². The van der Waals surface area contributed by atoms with Crippen LogP contribution in [-0.2, 0) is 16.0 Å². The Hall–Kier alpha value is -3.61. The number of primary amides is 1. The molecule has 0 bridgehead atoms. The number of amides is 2. The zero-order chi connectivity index (χ0) is 21.6. The van der Waals surface area contributed by atoms with Crippen LogP contribution in [0.1, 0.15) is 42.9 Å². The minimum absolute atomic E-state index is 0.131. The van der Waals surface area contributed by atoms with Crippen LogP contribution in [0.2, 0.25) is 0 Å². The number of benzene rings is 2. The van der Waals surface area contributed by atoms with Gasteiger partial charge in [0.2, 0.25) is 5.91 Å². The molecule has 0 spiro atoms. The Labute approximate surface area is 181 Å². The molecule has 0 aliphatic heterocycles. The van der Waals surface area contributed by atoms with Gasteiger partial charge in [0.15, 0.2) is 6.61 Å². The highest BCUT2D eigenvalue weighted by Crippen LogP contribution is 2.35. The monoisotopic (exact) mass is 418 g/mol. The van der Waals surface area contributed by atoms with E-state index in [-0.39, 0.29) is 24.8 Å². The van der Waals surface area contributed by atoms with Gasteiger partial charge in [0.1, 0.15) is 11.6 Å². The van der Waals surface area contributed by atoms with Crippen LogP contribution in [0.15, 0.2) is 60.7 Å². The molecular formula is C24H26N4O3. The third kappa shape index (κ3) is 5.31. The molecular weight excluding hydrogens is 392 g/mol. The Morgan fingerprint density at radius 2 is 1.77 bits per heavy atom. The van der Waals surface area contributed by atoms with Crippen molar-refractivity contribution in [2.45, 2.75) is 38.0 Å². The van der Waals surface area contributed by atoms with Crippen molar-refractivity contribution in [2.75, 3.05) is 11.9 Å². The topological polar surface area (TPSA) is 99.2 Å². The van der Waals surface area contributed by atoms with Crippen LogP contribution in [0.3, 0.4) is 0 Å². The van der Waals surface area contributed by atoms with Gasteiger partial charge in [-0.2, -0.15) is 5.10 Å². The van der Waals surface area contributed by atoms with E-state index in [0.717, 1.165) is 29.8 Å². The van der Waals surface area contributed by atoms with E-state index in [1.54, 1.807) is 28.9 Å². The largest absolute Gasteiger partial charge is 0.484 e. The number of ether oxygens (including phenoxy) is 1. The van der Waals surface area contributed by atoms with Crippen molar-refractivity contribution in [3.05, 3.63) is 71.9 Å². The maximum atomic E-state index is 12.6. The molecule has 2 aromatic carbocycles. The van der Waals surface area contributed by atoms with Crippen LogP contribution in [0, 0.1) is 0 Å². The number of nitrogens with two attached hydrogens (primary N) is 1. The first-order valence-corrected chi connectivity index (χ1v) is 10.5. The lowest BCUT2D eigenvalue weighted by Gasteiger charge is -2.10. The van der Waals surface area contributed by atoms with Gasteiger partial charge in [-0.25, -0.2) is 4.68 Å². The van der Waals surface area contributed by atoms with E-state index < -0.39 is 0 Å². The van der Waals surface area contributed by atoms with Crippen LogP contribution in [-0.4, -0.2) is 28.2 Å². The second-order valence-corrected chi connectivity index (χ2v) is 7.81. The first-order valence-electron chi connectivity index (χ1n) is 10.5. The smallest absolute Gasteiger partial charge is 0.263 e. The summed E-state index contributed by atoms with van der Waals surface area (Å²) in [6.45, 7) is -0.131. The molecule has 160 valence electrons. The van der Waals surface area contributed by atoms with Gasteiger partial charge in [-0.1, -0.05) is 43.2 Å². The summed E-state index contributed by atoms with van der Waals surface area (Å²) in [6.07, 6.45) is 4.88. The number of hydrogen-bond acceptors (Lipinski definition) is 4. The maximum Gasteiger partial charge on any atom is 0.263 e. The summed E-state index contributed by atoms with van der Waals surface area (Å²) in [5.41, 5.74) is 7.91. The Bertz CT molecular complexity index is 1040. The van der Waals surface area contributed by atoms with E-state index in [1.807, 2.05) is 36.4 Å². The number of anilines is 1. The predicted octanol–water partition coefficient (Wildman–Crippen LogP) is 3.58. The third-order valence-electron chi connectivity index (χ3n) is 5.44. The first-order chi connectivity index (χ1) is 15.1. The number of aromatic nitrogens is 2. The number of nitrogens with zero attached hydrogens (tertiary/aromatic N) is 2. The average Bonchev–Trinajstić information content (AvgIpc) is 3.44. The van der Waals surface area contributed by atoms with Gasteiger partial charge >= 0.3 is 0 Å². The normalized spacial score (nSPS) is 13.8. The van der Waals surface area contributed by atoms with Gasteiger partial charge in [-0.3, -0.25) is 9.59 Å². The van der Waals surface area contributed by atoms with Crippen molar-refractivity contribution in [3.63, 3.8) is 0 Å². The zero-order valence-corrected chi connectivity index (χ0v) is 17.3. The summed E-state index contributed by atoms with van der Waals surface area (Å²) < 4.78 is 7.38. The van der Waals surface area contributed by atoms with Crippen molar-refractivity contribution in [2.24, 2.45) is 5.73 Å². The lowest BCUT2D eigenvalue weighted by atomic mass is 10.0. The summed E-state index contributed by atoms with van der Waals surface area (Å²) in [7, 11) is 0. The van der Waals surface area contributed by atoms with E-state index in [0.29, 0.717) is 17.5 Å². The molecule has 0 radical (unpaired) electrons. The van der Waals surface area contributed by atoms with E-state index in [2.05, 4.69) is 5.32 Å². The maximum absolute atomic E-state index is 12.6. The Balaban J connectivity index is 1.44. The summed E-state index contributed by atoms with van der Waals surface area (Å²) in [5.74, 6) is 0.970. The fourth-order valence-corrected chi connectivity index (χ4v) is 3.91. The summed E-state index contributed by atoms with van der Waals surface area (Å²) in [6, 6.07) is 18.7. The Kier molecular flexibility index (Phi) is 6.31. The number of hydrogen-bond donors (Lipinski definition) is 2. The van der Waals surface area contributed by atoms with Crippen molar-refractivity contribution in [3.8, 4) is 11.4 Å². The second-order valence-electron chi connectivity index (χ2n) is 7.81. The van der Waals surface area contributed by atoms with Gasteiger partial charge < -0.3 is 15.8 Å². The molecule has 0 saturated heterocycles. The molecule has 1 aliphatic carbocycles. The fourth-order valence-electron chi connectivity index (χ4n) is 3.91. The van der Waals surface area contributed by atoms with Crippen molar-refractivity contribution in [1.29, 1.82) is 0 Å². The molecule has 0 unspecified atom stereocenters. The molecule has 1 saturated carbocycles. The summed E-state index contributed by atoms with van der Waals surface area (Å²) in [4.78, 5) is 23.6. The third-order valence-corrected chi connectivity index (χ3v) is 5.44. The quantitative estimate of drug-likeness (QED) is 0.584. The molecule has 1 fully saturated rings. The van der Waals surface area contributed by atoms with E-state index in [4.69, 9.17) is 15.6 Å². The van der Waals surface area contributed by atoms with Gasteiger partial charge in [-0.15, -0.1) is 0 Å². The van der Waals surface area contributed by atoms with Crippen molar-refractivity contribution < 1.29 is 14.3 Å². The van der Waals surface area contributed by atoms with E-state index in [9.17, 15) is 9.59 Å². The minimum Gasteiger partial charge on any atom is -0.484 e. The molecule has 7 nitrogen and oxygen atoms in total. The zero-order valence-electron chi connectivity index (χ0n) is 17.3. The number of nitrogens with one attached hydrogen (secondary N) is 1. The summed E-state index contributed by atoms with van der Waals surface area (Å²) in [5, 5.41) is 7.73. The SMILES string of the molecule is NC(=O)Cc1ccc(OCC(=O)Nc2cc(C3CCCC3)nn2-c2ccccc2)cc1. The van der Waals surface area contributed by atoms with Crippen molar-refractivity contribution in [1.82, 2.24) is 9.78 Å². The molecule has 4 rings (SSSR count). The molecule has 1 aromatic heterocycles. The predicted molar refractivity (Wildman–Crippen MR) is 118 cm³/mol. The number of carbonyl (C=O) groups is 2. The van der Waals surface area contributed by atoms with Crippen molar-refractivity contribution >= 4 is 17.6 Å². The summed E-state index contributed by atoms with van der Waals surface area (Å²) >= 11 is 0. The molecule has 1 heterocycles. The van der Waals surface area contributed by atoms with Gasteiger partial charge in [0.25, 0.3) is 5.91 Å². The first kappa shape index (κ1) is 20.7. The van der Waals surface area contributed by atoms with Crippen LogP contribution in [0.5, 0.6) is 5.75 Å². The number of rotatable bonds is 8. The average molecular weight is 418 g/mol. The minimum atomic E-state index is -0.389. The molecule has 3 aromatic rings. The molecule has 31 heavy (non-hydrogen) atoms. The fraction of sp³-hybridized carbons (Fsp3) is 0.292. The molecule has 2 amide bonds. The highest BCUT2D eigenvalue weighted by Gasteiger charge is 2.22. The number of carbonyl (C=O) groups excluding carboxylic acids is 2. The van der Waals surface area contributed by atoms with Gasteiger partial charge in [0, 0.05) is 12.0 Å². The molecule has 7 heteroatoms. The Morgan fingerprint density at radius 1 is 1.06 bits per heavy atom. The van der Waals surface area contributed by atoms with Gasteiger partial charge in [-0.05, 0) is 42.7 Å². The standard InChI is InChI=1S/C24H26N4O3/c25-22(29)14-17-10-12-20(13-11-17)31-16-24(30)26-23-15-21(18-6-4-5-7-18)27-28(23)19-8-2-1-3-9-19/h1-3,8-13,15,18H,4-7,14,16H2,(H2,25,29)(H,26,30). The molecule has 0 atom stereocenters. The highest BCUT2D eigenvalue weighted by atomic mass is 16.5. The highest BCUT2D eigenvalue weighted by molar-refractivity contribution is 5.91. The molecule has 1 aliphatic rings. The van der Waals surface area contributed by atoms with E-state index >= 15 is 0 Å². The second kappa shape index (κ2) is 9.47. The lowest BCUT2D eigenvalue weighted by molar-refractivity contribution is -0.118. The van der Waals surface area contributed by atoms with Crippen LogP contribution >= 0.6 is 0 Å². The van der Waals surface area contributed by atoms with Crippen LogP contribution in [0.4, 0.5) is 5.82 Å². The van der Waals surface area contributed by atoms with E-state index in [1.165, 1.54) is 12.8 Å². The van der Waals surface area contributed by atoms with Crippen LogP contribution < -0.4 is 15.8 Å². The Morgan fingerprint density at radius 3 is 2.45 bits per heavy atom. The lowest BCUT2D eigenvalue weighted by Crippen LogP contribution is -2.21. The number of para-hydroxylation sites is 1. The molecule has 3 N–H and O–H groups in total. The van der Waals surface area contributed by atoms with Crippen LogP contribution in [0.25, 0.3) is 5.69 Å².